The molecule has 1 rings (SSSR count). The number of carbonyl (C=O) groups excluding carboxylic acids is 1. The van der Waals surface area contributed by atoms with Crippen LogP contribution in [0, 0.1) is 0 Å². The van der Waals surface area contributed by atoms with Gasteiger partial charge in [-0.05, 0) is 12.8 Å². The fraction of sp³-hybridized carbons (Fsp3) is 0.778. The predicted molar refractivity (Wildman–Crippen MR) is 58.7 cm³/mol. The van der Waals surface area contributed by atoms with Gasteiger partial charge in [0.25, 0.3) is 0 Å². The monoisotopic (exact) mass is 232 g/mol. The largest absolute Gasteiger partial charge is 0.480 e. The first-order valence-corrected chi connectivity index (χ1v) is 5.99. The highest BCUT2D eigenvalue weighted by molar-refractivity contribution is 8.00. The molecule has 0 spiro atoms. The van der Waals surface area contributed by atoms with Crippen LogP contribution in [-0.2, 0) is 9.59 Å². The molecular weight excluding hydrogens is 216 g/mol. The molecule has 6 heteroatoms. The maximum Gasteiger partial charge on any atom is 0.321 e. The number of carboxylic acid groups (broad SMARTS) is 1. The van der Waals surface area contributed by atoms with Crippen molar-refractivity contribution in [3.05, 3.63) is 0 Å². The minimum absolute atomic E-state index is 0.0556. The van der Waals surface area contributed by atoms with E-state index in [1.54, 1.807) is 11.9 Å². The first-order chi connectivity index (χ1) is 7.02. The van der Waals surface area contributed by atoms with Gasteiger partial charge in [0.15, 0.2) is 0 Å². The molecule has 86 valence electrons. The van der Waals surface area contributed by atoms with Crippen molar-refractivity contribution in [1.29, 1.82) is 0 Å². The molecule has 5 nitrogen and oxygen atoms in total. The van der Waals surface area contributed by atoms with Crippen LogP contribution in [0.25, 0.3) is 0 Å². The van der Waals surface area contributed by atoms with Crippen LogP contribution < -0.4 is 5.73 Å². The average Bonchev–Trinajstić information content (AvgIpc) is 2.99. The molecule has 1 fully saturated rings. The zero-order valence-corrected chi connectivity index (χ0v) is 9.50. The summed E-state index contributed by atoms with van der Waals surface area (Å²) in [6.07, 6.45) is 2.17. The van der Waals surface area contributed by atoms with Gasteiger partial charge in [-0.2, -0.15) is 0 Å². The third kappa shape index (κ3) is 4.09. The summed E-state index contributed by atoms with van der Waals surface area (Å²) in [5.41, 5.74) is 5.31. The van der Waals surface area contributed by atoms with E-state index in [9.17, 15) is 9.59 Å². The summed E-state index contributed by atoms with van der Waals surface area (Å²) in [6, 6.07) is -0.472. The zero-order chi connectivity index (χ0) is 11.4. The van der Waals surface area contributed by atoms with E-state index in [1.165, 1.54) is 11.8 Å². The molecule has 0 aromatic heterocycles. The summed E-state index contributed by atoms with van der Waals surface area (Å²) in [7, 11) is 1.79. The van der Waals surface area contributed by atoms with Gasteiger partial charge in [0, 0.05) is 18.8 Å². The highest BCUT2D eigenvalue weighted by atomic mass is 32.2. The van der Waals surface area contributed by atoms with Crippen LogP contribution in [0.15, 0.2) is 0 Å². The van der Waals surface area contributed by atoms with Crippen molar-refractivity contribution in [3.8, 4) is 0 Å². The first kappa shape index (κ1) is 12.3. The van der Waals surface area contributed by atoms with Crippen LogP contribution in [0.1, 0.15) is 12.8 Å². The highest BCUT2D eigenvalue weighted by Crippen LogP contribution is 2.25. The van der Waals surface area contributed by atoms with E-state index in [1.807, 2.05) is 0 Å². The summed E-state index contributed by atoms with van der Waals surface area (Å²) >= 11 is 1.27. The lowest BCUT2D eigenvalue weighted by Gasteiger charge is -2.16. The summed E-state index contributed by atoms with van der Waals surface area (Å²) in [6.45, 7) is 0. The SMILES string of the molecule is CN(C(=O)CSC[C@@H](N)C(=O)O)C1CC1. The third-order valence-corrected chi connectivity index (χ3v) is 3.37. The molecule has 0 aromatic rings. The smallest absolute Gasteiger partial charge is 0.321 e. The predicted octanol–water partition coefficient (Wildman–Crippen LogP) is -0.248. The average molecular weight is 232 g/mol. The number of amides is 1. The van der Waals surface area contributed by atoms with Crippen LogP contribution in [0.2, 0.25) is 0 Å². The molecule has 1 saturated carbocycles. The van der Waals surface area contributed by atoms with E-state index in [2.05, 4.69) is 0 Å². The lowest BCUT2D eigenvalue weighted by molar-refractivity contribution is -0.138. The van der Waals surface area contributed by atoms with Crippen molar-refractivity contribution in [1.82, 2.24) is 4.90 Å². The molecule has 0 unspecified atom stereocenters. The molecule has 0 aliphatic heterocycles. The molecule has 0 saturated heterocycles. The zero-order valence-electron chi connectivity index (χ0n) is 8.68. The topological polar surface area (TPSA) is 83.6 Å². The van der Waals surface area contributed by atoms with Crippen molar-refractivity contribution in [3.63, 3.8) is 0 Å². The molecule has 1 aliphatic rings. The van der Waals surface area contributed by atoms with Crippen LogP contribution >= 0.6 is 11.8 Å². The third-order valence-electron chi connectivity index (χ3n) is 2.33. The molecule has 0 radical (unpaired) electrons. The van der Waals surface area contributed by atoms with E-state index in [0.29, 0.717) is 11.8 Å². The second-order valence-corrected chi connectivity index (χ2v) is 4.73. The number of nitrogens with two attached hydrogens (primary N) is 1. The summed E-state index contributed by atoms with van der Waals surface area (Å²) < 4.78 is 0. The summed E-state index contributed by atoms with van der Waals surface area (Å²) in [5, 5.41) is 8.52. The van der Waals surface area contributed by atoms with Gasteiger partial charge in [0.1, 0.15) is 6.04 Å². The van der Waals surface area contributed by atoms with Crippen molar-refractivity contribution in [2.24, 2.45) is 5.73 Å². The minimum atomic E-state index is -1.02. The number of aliphatic carboxylic acids is 1. The molecular formula is C9H16N2O3S. The first-order valence-electron chi connectivity index (χ1n) is 4.84. The van der Waals surface area contributed by atoms with E-state index >= 15 is 0 Å². The van der Waals surface area contributed by atoms with Crippen molar-refractivity contribution < 1.29 is 14.7 Å². The van der Waals surface area contributed by atoms with E-state index in [-0.39, 0.29) is 11.7 Å². The van der Waals surface area contributed by atoms with Gasteiger partial charge in [-0.1, -0.05) is 0 Å². The van der Waals surface area contributed by atoms with Crippen molar-refractivity contribution in [2.45, 2.75) is 24.9 Å². The maximum absolute atomic E-state index is 11.5. The van der Waals surface area contributed by atoms with Crippen LogP contribution in [0.4, 0.5) is 0 Å². The summed E-state index contributed by atoms with van der Waals surface area (Å²) in [5.74, 6) is -0.376. The van der Waals surface area contributed by atoms with E-state index < -0.39 is 12.0 Å². The number of rotatable bonds is 6. The number of nitrogens with zero attached hydrogens (tertiary/aromatic N) is 1. The Bertz CT molecular complexity index is 256. The fourth-order valence-electron chi connectivity index (χ4n) is 1.11. The maximum atomic E-state index is 11.5. The summed E-state index contributed by atoms with van der Waals surface area (Å²) in [4.78, 5) is 23.6. The van der Waals surface area contributed by atoms with Gasteiger partial charge in [-0.3, -0.25) is 9.59 Å². The highest BCUT2D eigenvalue weighted by Gasteiger charge is 2.29. The van der Waals surface area contributed by atoms with Gasteiger partial charge < -0.3 is 15.7 Å². The fourth-order valence-corrected chi connectivity index (χ4v) is 2.00. The normalized spacial score (nSPS) is 17.2. The molecule has 15 heavy (non-hydrogen) atoms. The van der Waals surface area contributed by atoms with Gasteiger partial charge in [0.2, 0.25) is 5.91 Å². The Balaban J connectivity index is 2.13. The van der Waals surface area contributed by atoms with E-state index in [4.69, 9.17) is 10.8 Å². The molecule has 1 atom stereocenters. The number of carbonyl (C=O) groups is 2. The quantitative estimate of drug-likeness (QED) is 0.660. The van der Waals surface area contributed by atoms with Gasteiger partial charge in [0.05, 0.1) is 5.75 Å². The molecule has 1 aliphatic carbocycles. The number of carboxylic acids is 1. The molecule has 1 amide bonds. The van der Waals surface area contributed by atoms with Gasteiger partial charge in [-0.25, -0.2) is 0 Å². The lowest BCUT2D eigenvalue weighted by Crippen LogP contribution is -2.34. The van der Waals surface area contributed by atoms with Crippen LogP contribution in [-0.4, -0.2) is 52.5 Å². The Morgan fingerprint density at radius 3 is 2.67 bits per heavy atom. The Labute approximate surface area is 93.0 Å². The van der Waals surface area contributed by atoms with Gasteiger partial charge in [-0.15, -0.1) is 11.8 Å². The molecule has 0 heterocycles. The van der Waals surface area contributed by atoms with Gasteiger partial charge >= 0.3 is 5.97 Å². The molecule has 3 N–H and O–H groups in total. The Morgan fingerprint density at radius 2 is 2.20 bits per heavy atom. The second kappa shape index (κ2) is 5.37. The number of thioether (sulfide) groups is 1. The van der Waals surface area contributed by atoms with Crippen LogP contribution in [0.5, 0.6) is 0 Å². The Hall–Kier alpha value is -0.750. The van der Waals surface area contributed by atoms with Crippen LogP contribution in [0.3, 0.4) is 0 Å². The minimum Gasteiger partial charge on any atom is -0.480 e. The molecule has 0 bridgehead atoms. The lowest BCUT2D eigenvalue weighted by atomic mass is 10.4. The Morgan fingerprint density at radius 1 is 1.60 bits per heavy atom. The number of hydrogen-bond donors (Lipinski definition) is 2. The van der Waals surface area contributed by atoms with Crippen molar-refractivity contribution >= 4 is 23.6 Å². The number of hydrogen-bond acceptors (Lipinski definition) is 4. The molecule has 0 aromatic carbocycles. The standard InChI is InChI=1S/C9H16N2O3S/c1-11(6-2-3-6)8(12)5-15-4-7(10)9(13)14/h6-7H,2-5,10H2,1H3,(H,13,14)/t7-/m1/s1. The van der Waals surface area contributed by atoms with Crippen molar-refractivity contribution in [2.75, 3.05) is 18.6 Å². The second-order valence-electron chi connectivity index (χ2n) is 3.70. The van der Waals surface area contributed by atoms with E-state index in [0.717, 1.165) is 12.8 Å². The Kier molecular flexibility index (Phi) is 4.41.